The summed E-state index contributed by atoms with van der Waals surface area (Å²) in [6.07, 6.45) is 0.516. The third-order valence-electron chi connectivity index (χ3n) is 5.31. The molecule has 0 radical (unpaired) electrons. The fourth-order valence-electron chi connectivity index (χ4n) is 3.33. The second kappa shape index (κ2) is 13.6. The molecule has 2 heterocycles. The van der Waals surface area contributed by atoms with Gasteiger partial charge in [-0.05, 0) is 42.7 Å². The smallest absolute Gasteiger partial charge is 0.393 e. The van der Waals surface area contributed by atoms with Crippen LogP contribution >= 0.6 is 11.6 Å². The van der Waals surface area contributed by atoms with Crippen LogP contribution in [0.5, 0.6) is 0 Å². The number of pyridine rings is 1. The number of hydrogen-bond donors (Lipinski definition) is 4. The highest BCUT2D eigenvalue weighted by Gasteiger charge is 2.30. The molecule has 0 aliphatic rings. The number of rotatable bonds is 12. The Labute approximate surface area is 227 Å². The quantitative estimate of drug-likeness (QED) is 0.113. The number of nitrogens with two attached hydrogens (primary N) is 2. The lowest BCUT2D eigenvalue weighted by Crippen LogP contribution is -2.33. The Kier molecular flexibility index (Phi) is 10.2. The average molecular weight is 566 g/mol. The van der Waals surface area contributed by atoms with E-state index in [9.17, 15) is 22.8 Å². The molecule has 0 saturated heterocycles. The molecular weight excluding hydrogens is 539 g/mol. The van der Waals surface area contributed by atoms with E-state index in [0.717, 1.165) is 23.9 Å². The van der Waals surface area contributed by atoms with Crippen molar-refractivity contribution in [2.24, 2.45) is 11.6 Å². The van der Waals surface area contributed by atoms with E-state index >= 15 is 0 Å². The molecule has 0 saturated carbocycles. The number of carbonyl (C=O) groups excluding carboxylic acids is 2. The van der Waals surface area contributed by atoms with Gasteiger partial charge in [-0.15, -0.1) is 5.10 Å². The minimum absolute atomic E-state index is 0.0328. The molecule has 3 rings (SSSR count). The summed E-state index contributed by atoms with van der Waals surface area (Å²) in [4.78, 5) is 28.3. The van der Waals surface area contributed by atoms with Gasteiger partial charge in [-0.3, -0.25) is 19.3 Å². The summed E-state index contributed by atoms with van der Waals surface area (Å²) in [5.41, 5.74) is 5.73. The summed E-state index contributed by atoms with van der Waals surface area (Å²) >= 11 is 5.94. The van der Waals surface area contributed by atoms with Crippen LogP contribution in [0.4, 0.5) is 13.2 Å². The van der Waals surface area contributed by atoms with Gasteiger partial charge in [0, 0.05) is 37.1 Å². The number of halogens is 4. The minimum atomic E-state index is -4.51. The van der Waals surface area contributed by atoms with Crippen molar-refractivity contribution in [2.45, 2.75) is 38.7 Å². The Morgan fingerprint density at radius 1 is 1.13 bits per heavy atom. The predicted molar refractivity (Wildman–Crippen MR) is 136 cm³/mol. The van der Waals surface area contributed by atoms with Crippen molar-refractivity contribution < 1.29 is 22.8 Å². The molecule has 11 nitrogen and oxygen atoms in total. The summed E-state index contributed by atoms with van der Waals surface area (Å²) in [6, 6.07) is 8.83. The molecule has 208 valence electrons. The van der Waals surface area contributed by atoms with Gasteiger partial charge in [0.2, 0.25) is 0 Å². The summed E-state index contributed by atoms with van der Waals surface area (Å²) in [7, 11) is 0. The van der Waals surface area contributed by atoms with Crippen molar-refractivity contribution in [2.75, 3.05) is 6.54 Å². The normalized spacial score (nSPS) is 11.8. The Hall–Kier alpha value is -4.17. The maximum absolute atomic E-state index is 12.8. The van der Waals surface area contributed by atoms with Crippen LogP contribution in [0.3, 0.4) is 0 Å². The van der Waals surface area contributed by atoms with Crippen LogP contribution < -0.4 is 22.2 Å². The molecule has 0 aliphatic heterocycles. The van der Waals surface area contributed by atoms with E-state index in [0.29, 0.717) is 37.5 Å². The zero-order chi connectivity index (χ0) is 28.4. The van der Waals surface area contributed by atoms with Crippen LogP contribution in [0, 0.1) is 0 Å². The largest absolute Gasteiger partial charge is 0.416 e. The van der Waals surface area contributed by atoms with Gasteiger partial charge in [0.05, 0.1) is 24.0 Å². The summed E-state index contributed by atoms with van der Waals surface area (Å²) < 4.78 is 39.9. The first-order valence-electron chi connectivity index (χ1n) is 11.7. The maximum atomic E-state index is 12.8. The predicted octanol–water partition coefficient (Wildman–Crippen LogP) is 2.35. The van der Waals surface area contributed by atoms with Crippen LogP contribution in [0.15, 0.2) is 60.7 Å². The van der Waals surface area contributed by atoms with Gasteiger partial charge in [-0.2, -0.15) is 13.2 Å². The standard InChI is InChI=1S/C24H27ClF3N9O2/c25-18-5-3-4-16(10-18)12-32-23(39)21-15-37(35-34-21)9-2-1-8-36(30)14-20(29)22(38)33-13-19-11-17(6-7-31-19)24(26,27)28/h3-7,10-11,14-15H,1-2,8-9,12-13,29-30H2,(H,32,39)(H,33,38)/b20-14-. The van der Waals surface area contributed by atoms with Gasteiger partial charge in [0.1, 0.15) is 5.70 Å². The molecule has 0 unspecified atom stereocenters. The van der Waals surface area contributed by atoms with Crippen molar-refractivity contribution in [3.8, 4) is 0 Å². The number of aryl methyl sites for hydroxylation is 1. The molecule has 0 bridgehead atoms. The fraction of sp³-hybridized carbons (Fsp3) is 0.292. The first-order valence-corrected chi connectivity index (χ1v) is 12.1. The van der Waals surface area contributed by atoms with E-state index in [4.69, 9.17) is 23.2 Å². The number of amides is 2. The van der Waals surface area contributed by atoms with E-state index in [-0.39, 0.29) is 29.5 Å². The average Bonchev–Trinajstić information content (AvgIpc) is 3.37. The Balaban J connectivity index is 1.37. The van der Waals surface area contributed by atoms with Crippen LogP contribution in [0.1, 0.15) is 40.2 Å². The lowest BCUT2D eigenvalue weighted by atomic mass is 10.2. The highest BCUT2D eigenvalue weighted by molar-refractivity contribution is 6.30. The number of hydrazine groups is 1. The Morgan fingerprint density at radius 2 is 1.92 bits per heavy atom. The topological polar surface area (TPSA) is 157 Å². The second-order valence-corrected chi connectivity index (χ2v) is 8.86. The number of aromatic nitrogens is 4. The number of nitrogens with one attached hydrogen (secondary N) is 2. The lowest BCUT2D eigenvalue weighted by molar-refractivity contribution is -0.137. The molecule has 0 spiro atoms. The van der Waals surface area contributed by atoms with Crippen LogP contribution in [-0.4, -0.2) is 43.3 Å². The van der Waals surface area contributed by atoms with Gasteiger partial charge >= 0.3 is 6.18 Å². The SMILES string of the molecule is N/C(=C\N(N)CCCCn1cc(C(=O)NCc2cccc(Cl)c2)nn1)C(=O)NCc1cc(C(F)(F)F)ccn1. The summed E-state index contributed by atoms with van der Waals surface area (Å²) in [6.45, 7) is 0.896. The third-order valence-corrected chi connectivity index (χ3v) is 5.54. The number of benzene rings is 1. The molecule has 2 amide bonds. The Bertz CT molecular complexity index is 1310. The van der Waals surface area contributed by atoms with Crippen molar-refractivity contribution >= 4 is 23.4 Å². The summed E-state index contributed by atoms with van der Waals surface area (Å²) in [5.74, 6) is 4.80. The first kappa shape index (κ1) is 29.4. The first-order chi connectivity index (χ1) is 18.5. The third kappa shape index (κ3) is 9.57. The molecule has 15 heteroatoms. The van der Waals surface area contributed by atoms with Crippen molar-refractivity contribution in [1.29, 1.82) is 0 Å². The zero-order valence-electron chi connectivity index (χ0n) is 20.7. The van der Waals surface area contributed by atoms with Gasteiger partial charge in [0.25, 0.3) is 11.8 Å². The highest BCUT2D eigenvalue weighted by Crippen LogP contribution is 2.28. The molecule has 39 heavy (non-hydrogen) atoms. The van der Waals surface area contributed by atoms with Crippen LogP contribution in [0.2, 0.25) is 5.02 Å². The number of nitrogens with zero attached hydrogens (tertiary/aromatic N) is 5. The molecule has 6 N–H and O–H groups in total. The number of hydrogen-bond acceptors (Lipinski definition) is 8. The lowest BCUT2D eigenvalue weighted by Gasteiger charge is -2.15. The number of unbranched alkanes of at least 4 members (excludes halogenated alkanes) is 1. The highest BCUT2D eigenvalue weighted by atomic mass is 35.5. The second-order valence-electron chi connectivity index (χ2n) is 8.43. The van der Waals surface area contributed by atoms with E-state index in [1.165, 1.54) is 22.1 Å². The molecule has 0 aliphatic carbocycles. The fourth-order valence-corrected chi connectivity index (χ4v) is 3.54. The van der Waals surface area contributed by atoms with Gasteiger partial charge in [-0.1, -0.05) is 28.9 Å². The van der Waals surface area contributed by atoms with Gasteiger partial charge in [0.15, 0.2) is 5.69 Å². The zero-order valence-corrected chi connectivity index (χ0v) is 21.4. The van der Waals surface area contributed by atoms with Crippen molar-refractivity contribution in [3.05, 3.63) is 88.2 Å². The van der Waals surface area contributed by atoms with Crippen LogP contribution in [-0.2, 0) is 30.6 Å². The van der Waals surface area contributed by atoms with Crippen LogP contribution in [0.25, 0.3) is 0 Å². The number of alkyl halides is 3. The van der Waals surface area contributed by atoms with Crippen molar-refractivity contribution in [1.82, 2.24) is 35.6 Å². The van der Waals surface area contributed by atoms with E-state index < -0.39 is 17.6 Å². The van der Waals surface area contributed by atoms with Crippen molar-refractivity contribution in [3.63, 3.8) is 0 Å². The van der Waals surface area contributed by atoms with E-state index in [2.05, 4.69) is 25.9 Å². The maximum Gasteiger partial charge on any atom is 0.416 e. The molecule has 0 fully saturated rings. The molecule has 0 atom stereocenters. The van der Waals surface area contributed by atoms with Gasteiger partial charge < -0.3 is 21.4 Å². The monoisotopic (exact) mass is 565 g/mol. The van der Waals surface area contributed by atoms with E-state index in [1.807, 2.05) is 6.07 Å². The molecule has 3 aromatic rings. The minimum Gasteiger partial charge on any atom is -0.393 e. The Morgan fingerprint density at radius 3 is 2.67 bits per heavy atom. The summed E-state index contributed by atoms with van der Waals surface area (Å²) in [5, 5.41) is 14.8. The molecular formula is C24H27ClF3N9O2. The molecule has 1 aromatic carbocycles. The van der Waals surface area contributed by atoms with Gasteiger partial charge in [-0.25, -0.2) is 5.84 Å². The van der Waals surface area contributed by atoms with E-state index in [1.54, 1.807) is 18.2 Å². The number of carbonyl (C=O) groups is 2. The molecule has 2 aromatic heterocycles.